The van der Waals surface area contributed by atoms with Crippen LogP contribution in [0.15, 0.2) is 36.4 Å². The largest absolute Gasteiger partial charge is 0.324 e. The number of benzene rings is 2. The molecule has 0 aromatic heterocycles. The van der Waals surface area contributed by atoms with Gasteiger partial charge in [-0.25, -0.2) is 17.6 Å². The number of hydrogen-bond acceptors (Lipinski definition) is 2. The highest BCUT2D eigenvalue weighted by Crippen LogP contribution is 2.19. The molecule has 2 amide bonds. The quantitative estimate of drug-likeness (QED) is 0.869. The molecular weight excluding hydrogens is 328 g/mol. The number of anilines is 2. The van der Waals surface area contributed by atoms with Crippen LogP contribution in [0.25, 0.3) is 0 Å². The second kappa shape index (κ2) is 7.12. The first kappa shape index (κ1) is 17.5. The lowest BCUT2D eigenvalue weighted by atomic mass is 10.2. The van der Waals surface area contributed by atoms with Crippen molar-refractivity contribution in [3.05, 3.63) is 59.7 Å². The van der Waals surface area contributed by atoms with Gasteiger partial charge < -0.3 is 10.2 Å². The Hall–Kier alpha value is -2.90. The van der Waals surface area contributed by atoms with Crippen molar-refractivity contribution in [2.24, 2.45) is 0 Å². The highest BCUT2D eigenvalue weighted by atomic mass is 19.2. The van der Waals surface area contributed by atoms with E-state index in [1.54, 1.807) is 0 Å². The molecule has 0 saturated heterocycles. The van der Waals surface area contributed by atoms with Crippen molar-refractivity contribution in [3.63, 3.8) is 0 Å². The lowest BCUT2D eigenvalue weighted by Crippen LogP contribution is -2.36. The SMILES string of the molecule is CC(=O)N(CC(=O)Nc1ccc(F)c(F)c1)c1ccc(F)c(F)c1. The number of rotatable bonds is 4. The Morgan fingerprint density at radius 1 is 0.917 bits per heavy atom. The normalized spacial score (nSPS) is 10.4. The molecule has 0 aliphatic carbocycles. The molecule has 2 aromatic carbocycles. The van der Waals surface area contributed by atoms with Gasteiger partial charge in [0.1, 0.15) is 6.54 Å². The molecule has 0 heterocycles. The van der Waals surface area contributed by atoms with Gasteiger partial charge in [-0.15, -0.1) is 0 Å². The van der Waals surface area contributed by atoms with Gasteiger partial charge in [-0.1, -0.05) is 0 Å². The minimum absolute atomic E-state index is 0.00677. The van der Waals surface area contributed by atoms with Gasteiger partial charge in [0.15, 0.2) is 23.3 Å². The molecule has 0 spiro atoms. The average molecular weight is 340 g/mol. The summed E-state index contributed by atoms with van der Waals surface area (Å²) in [5.74, 6) is -5.77. The maximum Gasteiger partial charge on any atom is 0.244 e. The van der Waals surface area contributed by atoms with Crippen LogP contribution in [0.2, 0.25) is 0 Å². The molecule has 4 nitrogen and oxygen atoms in total. The van der Waals surface area contributed by atoms with E-state index in [-0.39, 0.29) is 11.4 Å². The summed E-state index contributed by atoms with van der Waals surface area (Å²) in [5, 5.41) is 2.28. The zero-order valence-electron chi connectivity index (χ0n) is 12.4. The molecule has 0 aliphatic heterocycles. The van der Waals surface area contributed by atoms with Crippen molar-refractivity contribution < 1.29 is 27.2 Å². The van der Waals surface area contributed by atoms with Crippen LogP contribution in [0.5, 0.6) is 0 Å². The molecule has 126 valence electrons. The van der Waals surface area contributed by atoms with Gasteiger partial charge >= 0.3 is 0 Å². The first-order chi connectivity index (χ1) is 11.3. The summed E-state index contributed by atoms with van der Waals surface area (Å²) < 4.78 is 52.2. The lowest BCUT2D eigenvalue weighted by Gasteiger charge is -2.20. The summed E-state index contributed by atoms with van der Waals surface area (Å²) in [4.78, 5) is 24.5. The van der Waals surface area contributed by atoms with E-state index in [4.69, 9.17) is 0 Å². The minimum atomic E-state index is -1.17. The highest BCUT2D eigenvalue weighted by molar-refractivity contribution is 6.01. The number of halogens is 4. The standard InChI is InChI=1S/C16H12F4N2O2/c1-9(23)22(11-3-5-13(18)15(20)7-11)8-16(24)21-10-2-4-12(17)14(19)6-10/h2-7H,8H2,1H3,(H,21,24). The molecule has 0 aliphatic rings. The van der Waals surface area contributed by atoms with E-state index in [1.807, 2.05) is 0 Å². The van der Waals surface area contributed by atoms with Crippen LogP contribution < -0.4 is 10.2 Å². The Labute approximate surface area is 134 Å². The topological polar surface area (TPSA) is 49.4 Å². The fraction of sp³-hybridized carbons (Fsp3) is 0.125. The smallest absolute Gasteiger partial charge is 0.244 e. The first-order valence-corrected chi connectivity index (χ1v) is 6.76. The third kappa shape index (κ3) is 4.09. The van der Waals surface area contributed by atoms with Crippen LogP contribution in [-0.4, -0.2) is 18.4 Å². The van der Waals surface area contributed by atoms with Gasteiger partial charge in [0.2, 0.25) is 11.8 Å². The molecule has 0 saturated carbocycles. The molecule has 2 rings (SSSR count). The van der Waals surface area contributed by atoms with Crippen LogP contribution in [-0.2, 0) is 9.59 Å². The fourth-order valence-corrected chi connectivity index (χ4v) is 1.96. The number of amides is 2. The van der Waals surface area contributed by atoms with E-state index in [2.05, 4.69) is 5.32 Å². The van der Waals surface area contributed by atoms with Crippen molar-refractivity contribution in [2.75, 3.05) is 16.8 Å². The van der Waals surface area contributed by atoms with E-state index >= 15 is 0 Å². The van der Waals surface area contributed by atoms with Crippen LogP contribution in [0.3, 0.4) is 0 Å². The molecule has 2 aromatic rings. The maximum absolute atomic E-state index is 13.3. The number of nitrogens with zero attached hydrogens (tertiary/aromatic N) is 1. The summed E-state index contributed by atoms with van der Waals surface area (Å²) in [6.07, 6.45) is 0. The summed E-state index contributed by atoms with van der Waals surface area (Å²) in [7, 11) is 0. The van der Waals surface area contributed by atoms with E-state index in [9.17, 15) is 27.2 Å². The van der Waals surface area contributed by atoms with Gasteiger partial charge in [0.25, 0.3) is 0 Å². The predicted molar refractivity (Wildman–Crippen MR) is 79.4 cm³/mol. The molecule has 0 fully saturated rings. The molecule has 0 atom stereocenters. The summed E-state index contributed by atoms with van der Waals surface area (Å²) in [6, 6.07) is 5.51. The second-order valence-electron chi connectivity index (χ2n) is 4.88. The number of hydrogen-bond donors (Lipinski definition) is 1. The second-order valence-corrected chi connectivity index (χ2v) is 4.88. The van der Waals surface area contributed by atoms with Gasteiger partial charge in [0.05, 0.1) is 0 Å². The number of carbonyl (C=O) groups excluding carboxylic acids is 2. The Morgan fingerprint density at radius 2 is 1.50 bits per heavy atom. The predicted octanol–water partition coefficient (Wildman–Crippen LogP) is 3.23. The van der Waals surface area contributed by atoms with E-state index < -0.39 is 41.6 Å². The monoisotopic (exact) mass is 340 g/mol. The minimum Gasteiger partial charge on any atom is -0.324 e. The third-order valence-electron chi connectivity index (χ3n) is 3.10. The summed E-state index contributed by atoms with van der Waals surface area (Å²) in [6.45, 7) is 0.630. The van der Waals surface area contributed by atoms with E-state index in [0.717, 1.165) is 48.2 Å². The van der Waals surface area contributed by atoms with Gasteiger partial charge in [0, 0.05) is 30.4 Å². The van der Waals surface area contributed by atoms with Crippen LogP contribution in [0.1, 0.15) is 6.92 Å². The number of carbonyl (C=O) groups is 2. The van der Waals surface area contributed by atoms with E-state index in [0.29, 0.717) is 0 Å². The van der Waals surface area contributed by atoms with Crippen molar-refractivity contribution in [1.82, 2.24) is 0 Å². The Kier molecular flexibility index (Phi) is 5.18. The molecule has 8 heteroatoms. The molecule has 0 radical (unpaired) electrons. The highest BCUT2D eigenvalue weighted by Gasteiger charge is 2.18. The Balaban J connectivity index is 2.15. The summed E-state index contributed by atoms with van der Waals surface area (Å²) >= 11 is 0. The Bertz CT molecular complexity index is 796. The van der Waals surface area contributed by atoms with Crippen molar-refractivity contribution in [1.29, 1.82) is 0 Å². The maximum atomic E-state index is 13.3. The van der Waals surface area contributed by atoms with Gasteiger partial charge in [-0.3, -0.25) is 9.59 Å². The average Bonchev–Trinajstić information content (AvgIpc) is 2.51. The van der Waals surface area contributed by atoms with Crippen LogP contribution in [0.4, 0.5) is 28.9 Å². The zero-order chi connectivity index (χ0) is 17.9. The number of nitrogens with one attached hydrogen (secondary N) is 1. The summed E-state index contributed by atoms with van der Waals surface area (Å²) in [5.41, 5.74) is -0.0190. The van der Waals surface area contributed by atoms with Crippen LogP contribution >= 0.6 is 0 Å². The molecular formula is C16H12F4N2O2. The van der Waals surface area contributed by atoms with Crippen molar-refractivity contribution in [2.45, 2.75) is 6.92 Å². The first-order valence-electron chi connectivity index (χ1n) is 6.76. The molecule has 0 unspecified atom stereocenters. The van der Waals surface area contributed by atoms with Gasteiger partial charge in [-0.05, 0) is 24.3 Å². The van der Waals surface area contributed by atoms with Crippen molar-refractivity contribution >= 4 is 23.2 Å². The Morgan fingerprint density at radius 3 is 2.04 bits per heavy atom. The molecule has 0 bridgehead atoms. The lowest BCUT2D eigenvalue weighted by molar-refractivity contribution is -0.120. The zero-order valence-corrected chi connectivity index (χ0v) is 12.4. The fourth-order valence-electron chi connectivity index (χ4n) is 1.96. The van der Waals surface area contributed by atoms with E-state index in [1.165, 1.54) is 0 Å². The third-order valence-corrected chi connectivity index (χ3v) is 3.10. The molecule has 1 N–H and O–H groups in total. The van der Waals surface area contributed by atoms with Gasteiger partial charge in [-0.2, -0.15) is 0 Å². The van der Waals surface area contributed by atoms with Crippen LogP contribution in [0, 0.1) is 23.3 Å². The van der Waals surface area contributed by atoms with Crippen molar-refractivity contribution in [3.8, 4) is 0 Å². The molecule has 24 heavy (non-hydrogen) atoms.